The summed E-state index contributed by atoms with van der Waals surface area (Å²) < 4.78 is 27.8. The van der Waals surface area contributed by atoms with E-state index in [1.54, 1.807) is 12.1 Å². The summed E-state index contributed by atoms with van der Waals surface area (Å²) >= 11 is 1.42. The van der Waals surface area contributed by atoms with Gasteiger partial charge in [0.15, 0.2) is 0 Å². The Hall–Kier alpha value is -2.36. The SMILES string of the molecule is CCc1cccc(NC(=O)C2CCN(S(=O)(=O)c3ccc4c(c3)NC(=O)C(C)S4)CC2)c1. The number of nitrogens with one attached hydrogen (secondary N) is 2. The van der Waals surface area contributed by atoms with Gasteiger partial charge < -0.3 is 10.6 Å². The lowest BCUT2D eigenvalue weighted by molar-refractivity contribution is -0.121. The lowest BCUT2D eigenvalue weighted by Gasteiger charge is -2.31. The molecule has 0 saturated carbocycles. The zero-order chi connectivity index (χ0) is 22.9. The number of amides is 2. The summed E-state index contributed by atoms with van der Waals surface area (Å²) in [4.78, 5) is 25.7. The summed E-state index contributed by atoms with van der Waals surface area (Å²) in [5.41, 5.74) is 2.45. The topological polar surface area (TPSA) is 95.6 Å². The van der Waals surface area contributed by atoms with Crippen molar-refractivity contribution in [2.75, 3.05) is 23.7 Å². The van der Waals surface area contributed by atoms with E-state index in [9.17, 15) is 18.0 Å². The van der Waals surface area contributed by atoms with Crippen molar-refractivity contribution in [2.24, 2.45) is 5.92 Å². The molecule has 4 rings (SSSR count). The van der Waals surface area contributed by atoms with E-state index >= 15 is 0 Å². The van der Waals surface area contributed by atoms with E-state index < -0.39 is 10.0 Å². The van der Waals surface area contributed by atoms with Crippen LogP contribution in [0.25, 0.3) is 0 Å². The van der Waals surface area contributed by atoms with Gasteiger partial charge in [0.2, 0.25) is 21.8 Å². The lowest BCUT2D eigenvalue weighted by Crippen LogP contribution is -2.41. The Balaban J connectivity index is 1.40. The van der Waals surface area contributed by atoms with E-state index in [-0.39, 0.29) is 41.0 Å². The number of aryl methyl sites for hydroxylation is 1. The van der Waals surface area contributed by atoms with E-state index in [1.165, 1.54) is 22.1 Å². The summed E-state index contributed by atoms with van der Waals surface area (Å²) in [7, 11) is -3.70. The van der Waals surface area contributed by atoms with E-state index in [2.05, 4.69) is 17.6 Å². The Labute approximate surface area is 193 Å². The average molecular weight is 474 g/mol. The summed E-state index contributed by atoms with van der Waals surface area (Å²) in [5, 5.41) is 5.54. The molecule has 9 heteroatoms. The maximum atomic E-state index is 13.2. The number of piperidine rings is 1. The van der Waals surface area contributed by atoms with Crippen LogP contribution in [0.15, 0.2) is 52.3 Å². The molecule has 2 aliphatic heterocycles. The fraction of sp³-hybridized carbons (Fsp3) is 0.391. The number of carbonyl (C=O) groups is 2. The fourth-order valence-electron chi connectivity index (χ4n) is 3.97. The molecule has 0 aliphatic carbocycles. The molecule has 2 amide bonds. The number of benzene rings is 2. The van der Waals surface area contributed by atoms with Crippen LogP contribution in [0.2, 0.25) is 0 Å². The summed E-state index contributed by atoms with van der Waals surface area (Å²) in [6.45, 7) is 4.44. The minimum absolute atomic E-state index is 0.0714. The highest BCUT2D eigenvalue weighted by Gasteiger charge is 2.33. The minimum atomic E-state index is -3.70. The van der Waals surface area contributed by atoms with Crippen LogP contribution in [0.3, 0.4) is 0 Å². The van der Waals surface area contributed by atoms with Crippen molar-refractivity contribution in [3.05, 3.63) is 48.0 Å². The molecule has 2 heterocycles. The average Bonchev–Trinajstić information content (AvgIpc) is 2.79. The number of nitrogens with zero attached hydrogens (tertiary/aromatic N) is 1. The molecular weight excluding hydrogens is 446 g/mol. The molecule has 2 aromatic carbocycles. The molecule has 170 valence electrons. The van der Waals surface area contributed by atoms with Gasteiger partial charge in [-0.3, -0.25) is 9.59 Å². The number of carbonyl (C=O) groups excluding carboxylic acids is 2. The highest BCUT2D eigenvalue weighted by Crippen LogP contribution is 2.37. The third-order valence-corrected chi connectivity index (χ3v) is 9.02. The van der Waals surface area contributed by atoms with Gasteiger partial charge in [-0.2, -0.15) is 4.31 Å². The molecule has 0 radical (unpaired) electrons. The number of fused-ring (bicyclic) bond motifs is 1. The van der Waals surface area contributed by atoms with Crippen LogP contribution in [0, 0.1) is 5.92 Å². The first-order valence-electron chi connectivity index (χ1n) is 10.8. The van der Waals surface area contributed by atoms with Gasteiger partial charge in [0.1, 0.15) is 0 Å². The second-order valence-corrected chi connectivity index (χ2v) is 11.4. The van der Waals surface area contributed by atoms with Gasteiger partial charge in [0.05, 0.1) is 15.8 Å². The first-order valence-corrected chi connectivity index (χ1v) is 13.1. The van der Waals surface area contributed by atoms with Crippen LogP contribution in [0.1, 0.15) is 32.3 Å². The number of hydrogen-bond acceptors (Lipinski definition) is 5. The minimum Gasteiger partial charge on any atom is -0.326 e. The molecule has 2 aromatic rings. The number of rotatable bonds is 5. The normalized spacial score (nSPS) is 19.8. The van der Waals surface area contributed by atoms with Gasteiger partial charge in [-0.1, -0.05) is 19.1 Å². The summed E-state index contributed by atoms with van der Waals surface area (Å²) in [6, 6.07) is 12.6. The summed E-state index contributed by atoms with van der Waals surface area (Å²) in [5.74, 6) is -0.432. The Morgan fingerprint density at radius 2 is 1.94 bits per heavy atom. The first-order chi connectivity index (χ1) is 15.3. The first kappa shape index (κ1) is 22.8. The van der Waals surface area contributed by atoms with E-state index in [0.29, 0.717) is 18.5 Å². The van der Waals surface area contributed by atoms with Crippen molar-refractivity contribution in [1.29, 1.82) is 0 Å². The van der Waals surface area contributed by atoms with E-state index in [1.807, 2.05) is 31.2 Å². The van der Waals surface area contributed by atoms with Crippen molar-refractivity contribution in [2.45, 2.75) is 48.2 Å². The smallest absolute Gasteiger partial charge is 0.243 e. The van der Waals surface area contributed by atoms with Gasteiger partial charge in [0, 0.05) is 29.6 Å². The second-order valence-electron chi connectivity index (χ2n) is 8.13. The van der Waals surface area contributed by atoms with Crippen molar-refractivity contribution < 1.29 is 18.0 Å². The van der Waals surface area contributed by atoms with E-state index in [4.69, 9.17) is 0 Å². The van der Waals surface area contributed by atoms with Gasteiger partial charge in [-0.15, -0.1) is 11.8 Å². The largest absolute Gasteiger partial charge is 0.326 e. The van der Waals surface area contributed by atoms with Gasteiger partial charge >= 0.3 is 0 Å². The molecule has 1 fully saturated rings. The van der Waals surface area contributed by atoms with Gasteiger partial charge in [-0.05, 0) is 62.1 Å². The Bertz CT molecular complexity index is 1140. The molecule has 32 heavy (non-hydrogen) atoms. The molecular formula is C23H27N3O4S2. The Morgan fingerprint density at radius 3 is 2.66 bits per heavy atom. The molecule has 0 bridgehead atoms. The van der Waals surface area contributed by atoms with Crippen LogP contribution in [-0.2, 0) is 26.0 Å². The molecule has 0 aromatic heterocycles. The molecule has 2 N–H and O–H groups in total. The quantitative estimate of drug-likeness (QED) is 0.690. The maximum absolute atomic E-state index is 13.2. The van der Waals surface area contributed by atoms with Crippen molar-refractivity contribution in [3.8, 4) is 0 Å². The number of sulfonamides is 1. The zero-order valence-electron chi connectivity index (χ0n) is 18.1. The van der Waals surface area contributed by atoms with Gasteiger partial charge in [0.25, 0.3) is 0 Å². The van der Waals surface area contributed by atoms with Crippen molar-refractivity contribution >= 4 is 45.0 Å². The van der Waals surface area contributed by atoms with Crippen LogP contribution >= 0.6 is 11.8 Å². The highest BCUT2D eigenvalue weighted by atomic mass is 32.2. The molecule has 2 aliphatic rings. The van der Waals surface area contributed by atoms with Crippen LogP contribution in [0.5, 0.6) is 0 Å². The number of anilines is 2. The number of thioether (sulfide) groups is 1. The van der Waals surface area contributed by atoms with Crippen LogP contribution in [0.4, 0.5) is 11.4 Å². The highest BCUT2D eigenvalue weighted by molar-refractivity contribution is 8.01. The Kier molecular flexibility index (Phi) is 6.60. The summed E-state index contributed by atoms with van der Waals surface area (Å²) in [6.07, 6.45) is 1.82. The fourth-order valence-corrected chi connectivity index (χ4v) is 6.40. The predicted molar refractivity (Wildman–Crippen MR) is 126 cm³/mol. The molecule has 1 saturated heterocycles. The zero-order valence-corrected chi connectivity index (χ0v) is 19.8. The van der Waals surface area contributed by atoms with Crippen LogP contribution in [-0.4, -0.2) is 42.9 Å². The third-order valence-electron chi connectivity index (χ3n) is 5.95. The molecule has 1 atom stereocenters. The second kappa shape index (κ2) is 9.25. The number of hydrogen-bond donors (Lipinski definition) is 2. The van der Waals surface area contributed by atoms with Crippen molar-refractivity contribution in [3.63, 3.8) is 0 Å². The monoisotopic (exact) mass is 473 g/mol. The lowest BCUT2D eigenvalue weighted by atomic mass is 9.97. The standard InChI is InChI=1S/C23H27N3O4S2/c1-3-16-5-4-6-18(13-16)24-23(28)17-9-11-26(12-10-17)32(29,30)19-7-8-21-20(14-19)25-22(27)15(2)31-21/h4-8,13-15,17H,3,9-12H2,1-2H3,(H,24,28)(H,25,27). The molecule has 7 nitrogen and oxygen atoms in total. The predicted octanol–water partition coefficient (Wildman–Crippen LogP) is 3.72. The molecule has 1 unspecified atom stereocenters. The van der Waals surface area contributed by atoms with Crippen LogP contribution < -0.4 is 10.6 Å². The van der Waals surface area contributed by atoms with Crippen molar-refractivity contribution in [1.82, 2.24) is 4.31 Å². The Morgan fingerprint density at radius 1 is 1.19 bits per heavy atom. The van der Waals surface area contributed by atoms with E-state index in [0.717, 1.165) is 22.6 Å². The molecule has 0 spiro atoms. The van der Waals surface area contributed by atoms with Gasteiger partial charge in [-0.25, -0.2) is 8.42 Å². The maximum Gasteiger partial charge on any atom is 0.243 e. The third kappa shape index (κ3) is 4.69.